The average Bonchev–Trinajstić information content (AvgIpc) is 3.72. The SMILES string of the molecule is c1ccc(-c2cnc3c(-c4ccccc4)nc(-n4c5ccccc5c5ccc6c7ccccc7[nH]c6c54)nc3n2)cc1.c1ccccc1. The van der Waals surface area contributed by atoms with Crippen LogP contribution in [0.15, 0.2) is 164 Å². The van der Waals surface area contributed by atoms with Crippen molar-refractivity contribution in [1.29, 1.82) is 0 Å². The van der Waals surface area contributed by atoms with Crippen molar-refractivity contribution in [2.24, 2.45) is 0 Å². The molecule has 0 saturated heterocycles. The number of para-hydroxylation sites is 2. The lowest BCUT2D eigenvalue weighted by atomic mass is 10.1. The molecule has 0 aliphatic rings. The quantitative estimate of drug-likeness (QED) is 0.214. The maximum Gasteiger partial charge on any atom is 0.237 e. The summed E-state index contributed by atoms with van der Waals surface area (Å²) in [5.74, 6) is 0.554. The van der Waals surface area contributed by atoms with Gasteiger partial charge in [0.25, 0.3) is 0 Å². The Kier molecular flexibility index (Phi) is 6.68. The summed E-state index contributed by atoms with van der Waals surface area (Å²) in [6, 6.07) is 53.5. The first-order chi connectivity index (χ1) is 23.8. The average molecular weight is 617 g/mol. The Bertz CT molecular complexity index is 2690. The van der Waals surface area contributed by atoms with Crippen LogP contribution < -0.4 is 0 Å². The fourth-order valence-corrected chi connectivity index (χ4v) is 6.51. The molecule has 0 bridgehead atoms. The van der Waals surface area contributed by atoms with Crippen molar-refractivity contribution < 1.29 is 0 Å². The number of fused-ring (bicyclic) bond motifs is 8. The van der Waals surface area contributed by atoms with Gasteiger partial charge in [0, 0.05) is 38.2 Å². The van der Waals surface area contributed by atoms with Crippen LogP contribution >= 0.6 is 0 Å². The van der Waals surface area contributed by atoms with Gasteiger partial charge >= 0.3 is 0 Å². The molecule has 4 heterocycles. The summed E-state index contributed by atoms with van der Waals surface area (Å²) in [7, 11) is 0. The van der Waals surface area contributed by atoms with E-state index in [1.54, 1.807) is 0 Å². The molecule has 6 nitrogen and oxygen atoms in total. The Balaban J connectivity index is 0.000000475. The van der Waals surface area contributed by atoms with E-state index in [1.165, 1.54) is 5.39 Å². The largest absolute Gasteiger partial charge is 0.353 e. The molecule has 4 aromatic heterocycles. The number of H-pyrrole nitrogens is 1. The highest BCUT2D eigenvalue weighted by Gasteiger charge is 2.21. The van der Waals surface area contributed by atoms with Gasteiger partial charge in [-0.25, -0.2) is 15.0 Å². The maximum atomic E-state index is 5.21. The number of nitrogens with one attached hydrogen (secondary N) is 1. The van der Waals surface area contributed by atoms with Crippen LogP contribution in [0.1, 0.15) is 0 Å². The summed E-state index contributed by atoms with van der Waals surface area (Å²) in [4.78, 5) is 23.9. The molecule has 0 atom stereocenters. The molecule has 0 fully saturated rings. The highest BCUT2D eigenvalue weighted by Crippen LogP contribution is 2.38. The lowest BCUT2D eigenvalue weighted by molar-refractivity contribution is 1.00. The van der Waals surface area contributed by atoms with Crippen LogP contribution in [0.5, 0.6) is 0 Å². The van der Waals surface area contributed by atoms with E-state index in [4.69, 9.17) is 19.9 Å². The van der Waals surface area contributed by atoms with Crippen molar-refractivity contribution in [2.75, 3.05) is 0 Å². The second kappa shape index (κ2) is 11.6. The standard InChI is InChI=1S/C36H22N6.C6H6/c1-3-11-22(12-4-1)29-21-37-33-31(23-13-5-2-6-14-23)40-36(41-35(33)39-29)42-30-18-10-8-16-25(30)27-20-19-26-24-15-7-9-17-28(24)38-32(26)34(27)42;1-2-4-6-5-3-1/h1-21,38H;1-6H. The number of aromatic amines is 1. The lowest BCUT2D eigenvalue weighted by Gasteiger charge is -2.12. The third-order valence-corrected chi connectivity index (χ3v) is 8.69. The van der Waals surface area contributed by atoms with Crippen LogP contribution in [0.25, 0.3) is 83.2 Å². The first-order valence-corrected chi connectivity index (χ1v) is 15.9. The lowest BCUT2D eigenvalue weighted by Crippen LogP contribution is -2.06. The van der Waals surface area contributed by atoms with Gasteiger partial charge in [0.15, 0.2) is 5.65 Å². The van der Waals surface area contributed by atoms with E-state index in [0.29, 0.717) is 17.1 Å². The first-order valence-electron chi connectivity index (χ1n) is 15.9. The van der Waals surface area contributed by atoms with Gasteiger partial charge in [-0.3, -0.25) is 4.57 Å². The van der Waals surface area contributed by atoms with Gasteiger partial charge in [-0.1, -0.05) is 146 Å². The zero-order valence-electron chi connectivity index (χ0n) is 25.8. The van der Waals surface area contributed by atoms with Gasteiger partial charge in [-0.2, -0.15) is 4.98 Å². The molecule has 0 amide bonds. The molecular formula is C42H28N6. The Labute approximate surface area is 276 Å². The zero-order chi connectivity index (χ0) is 31.9. The second-order valence-corrected chi connectivity index (χ2v) is 11.6. The van der Waals surface area contributed by atoms with Crippen LogP contribution in [-0.2, 0) is 0 Å². The molecule has 6 aromatic carbocycles. The molecular weight excluding hydrogens is 589 g/mol. The maximum absolute atomic E-state index is 5.21. The van der Waals surface area contributed by atoms with Crippen molar-refractivity contribution in [3.05, 3.63) is 164 Å². The van der Waals surface area contributed by atoms with Crippen LogP contribution in [-0.4, -0.2) is 29.5 Å². The molecule has 226 valence electrons. The van der Waals surface area contributed by atoms with E-state index in [0.717, 1.165) is 60.7 Å². The highest BCUT2D eigenvalue weighted by molar-refractivity contribution is 6.22. The van der Waals surface area contributed by atoms with Crippen molar-refractivity contribution in [3.63, 3.8) is 0 Å². The van der Waals surface area contributed by atoms with Gasteiger partial charge in [0.1, 0.15) is 11.2 Å². The Hall–Kier alpha value is -6.66. The van der Waals surface area contributed by atoms with Crippen LogP contribution in [0.4, 0.5) is 0 Å². The fourth-order valence-electron chi connectivity index (χ4n) is 6.51. The summed E-state index contributed by atoms with van der Waals surface area (Å²) < 4.78 is 2.17. The predicted molar refractivity (Wildman–Crippen MR) is 196 cm³/mol. The topological polar surface area (TPSA) is 72.3 Å². The van der Waals surface area contributed by atoms with E-state index < -0.39 is 0 Å². The molecule has 0 saturated carbocycles. The number of hydrogen-bond donors (Lipinski definition) is 1. The minimum atomic E-state index is 0.551. The van der Waals surface area contributed by atoms with E-state index >= 15 is 0 Å². The number of hydrogen-bond acceptors (Lipinski definition) is 4. The molecule has 0 spiro atoms. The summed E-state index contributed by atoms with van der Waals surface area (Å²) >= 11 is 0. The van der Waals surface area contributed by atoms with E-state index in [1.807, 2.05) is 91.1 Å². The molecule has 0 aliphatic heterocycles. The number of rotatable bonds is 3. The summed E-state index contributed by atoms with van der Waals surface area (Å²) in [6.07, 6.45) is 1.81. The van der Waals surface area contributed by atoms with Gasteiger partial charge in [0.05, 0.1) is 28.4 Å². The third-order valence-electron chi connectivity index (χ3n) is 8.69. The first kappa shape index (κ1) is 27.6. The van der Waals surface area contributed by atoms with Crippen LogP contribution in [0, 0.1) is 0 Å². The molecule has 0 unspecified atom stereocenters. The van der Waals surface area contributed by atoms with Gasteiger partial charge in [-0.15, -0.1) is 0 Å². The summed E-state index contributed by atoms with van der Waals surface area (Å²) in [5.41, 5.74) is 8.91. The highest BCUT2D eigenvalue weighted by atomic mass is 15.2. The van der Waals surface area contributed by atoms with Crippen LogP contribution in [0.2, 0.25) is 0 Å². The monoisotopic (exact) mass is 616 g/mol. The van der Waals surface area contributed by atoms with E-state index in [9.17, 15) is 0 Å². The third kappa shape index (κ3) is 4.66. The molecule has 1 N–H and O–H groups in total. The summed E-state index contributed by atoms with van der Waals surface area (Å²) in [5, 5.41) is 4.63. The van der Waals surface area contributed by atoms with Crippen LogP contribution in [0.3, 0.4) is 0 Å². The van der Waals surface area contributed by atoms with Gasteiger partial charge in [0.2, 0.25) is 5.95 Å². The van der Waals surface area contributed by atoms with Crippen molar-refractivity contribution in [1.82, 2.24) is 29.5 Å². The smallest absolute Gasteiger partial charge is 0.237 e. The number of nitrogens with zero attached hydrogens (tertiary/aromatic N) is 5. The minimum absolute atomic E-state index is 0.551. The normalized spacial score (nSPS) is 11.3. The molecule has 10 rings (SSSR count). The second-order valence-electron chi connectivity index (χ2n) is 11.6. The molecule has 0 aliphatic carbocycles. The minimum Gasteiger partial charge on any atom is -0.353 e. The van der Waals surface area contributed by atoms with Crippen molar-refractivity contribution in [3.8, 4) is 28.5 Å². The van der Waals surface area contributed by atoms with Gasteiger partial charge in [-0.05, 0) is 12.1 Å². The van der Waals surface area contributed by atoms with E-state index in [-0.39, 0.29) is 0 Å². The molecule has 48 heavy (non-hydrogen) atoms. The number of benzene rings is 6. The fraction of sp³-hybridized carbons (Fsp3) is 0. The van der Waals surface area contributed by atoms with Crippen molar-refractivity contribution in [2.45, 2.75) is 0 Å². The Morgan fingerprint density at radius 2 is 1.08 bits per heavy atom. The Morgan fingerprint density at radius 3 is 1.83 bits per heavy atom. The van der Waals surface area contributed by atoms with E-state index in [2.05, 4.69) is 82.3 Å². The summed E-state index contributed by atoms with van der Waals surface area (Å²) in [6.45, 7) is 0. The molecule has 10 aromatic rings. The zero-order valence-corrected chi connectivity index (χ0v) is 25.8. The predicted octanol–water partition coefficient (Wildman–Crippen LogP) is 10.2. The van der Waals surface area contributed by atoms with Crippen molar-refractivity contribution >= 4 is 54.8 Å². The number of aromatic nitrogens is 6. The van der Waals surface area contributed by atoms with Gasteiger partial charge < -0.3 is 4.98 Å². The Morgan fingerprint density at radius 1 is 0.479 bits per heavy atom. The molecule has 0 radical (unpaired) electrons. The molecule has 6 heteroatoms.